The highest BCUT2D eigenvalue weighted by Gasteiger charge is 2.07. The van der Waals surface area contributed by atoms with Gasteiger partial charge in [-0.1, -0.05) is 49.1 Å². The molecule has 0 radical (unpaired) electrons. The highest BCUT2D eigenvalue weighted by atomic mass is 15.4. The van der Waals surface area contributed by atoms with E-state index in [4.69, 9.17) is 5.84 Å². The van der Waals surface area contributed by atoms with E-state index in [2.05, 4.69) is 6.58 Å². The molecule has 0 aromatic heterocycles. The smallest absolute Gasteiger partial charge is 0.0599 e. The van der Waals surface area contributed by atoms with Crippen molar-refractivity contribution in [3.8, 4) is 0 Å². The van der Waals surface area contributed by atoms with Crippen molar-refractivity contribution in [1.29, 1.82) is 0 Å². The minimum absolute atomic E-state index is 0.703. The van der Waals surface area contributed by atoms with Crippen molar-refractivity contribution in [3.63, 3.8) is 0 Å². The van der Waals surface area contributed by atoms with E-state index in [1.807, 2.05) is 48.6 Å². The molecule has 2 heteroatoms. The summed E-state index contributed by atoms with van der Waals surface area (Å²) in [6.07, 6.45) is 7.98. The van der Waals surface area contributed by atoms with Crippen molar-refractivity contribution in [2.75, 3.05) is 11.6 Å². The van der Waals surface area contributed by atoms with Crippen LogP contribution in [0.2, 0.25) is 0 Å². The van der Waals surface area contributed by atoms with Gasteiger partial charge < -0.3 is 5.01 Å². The second-order valence-corrected chi connectivity index (χ2v) is 3.48. The molecule has 15 heavy (non-hydrogen) atoms. The first-order chi connectivity index (χ1) is 7.29. The summed E-state index contributed by atoms with van der Waals surface area (Å²) in [4.78, 5) is 0. The van der Waals surface area contributed by atoms with Crippen LogP contribution in [0.3, 0.4) is 0 Å². The van der Waals surface area contributed by atoms with Crippen LogP contribution in [0, 0.1) is 0 Å². The number of nitrogens with two attached hydrogens (primary N) is 1. The lowest BCUT2D eigenvalue weighted by molar-refractivity contribution is 0.938. The average molecular weight is 198 g/mol. The third-order valence-electron chi connectivity index (χ3n) is 2.41. The van der Waals surface area contributed by atoms with E-state index >= 15 is 0 Å². The van der Waals surface area contributed by atoms with Crippen LogP contribution in [0.15, 0.2) is 55.1 Å². The number of rotatable bonds is 0. The van der Waals surface area contributed by atoms with Crippen LogP contribution in [0.25, 0.3) is 5.57 Å². The minimum atomic E-state index is 0.703. The quantitative estimate of drug-likeness (QED) is 0.649. The molecule has 0 atom stereocenters. The van der Waals surface area contributed by atoms with Crippen molar-refractivity contribution >= 4 is 11.3 Å². The number of hydrogen-bond donors (Lipinski definition) is 1. The van der Waals surface area contributed by atoms with Gasteiger partial charge in [0.05, 0.1) is 12.2 Å². The van der Waals surface area contributed by atoms with Crippen LogP contribution < -0.4 is 10.9 Å². The van der Waals surface area contributed by atoms with Crippen LogP contribution in [0.1, 0.15) is 5.56 Å². The Balaban J connectivity index is 2.52. The molecule has 0 aliphatic carbocycles. The molecule has 0 amide bonds. The zero-order valence-electron chi connectivity index (χ0n) is 8.56. The number of anilines is 1. The molecule has 1 aromatic rings. The van der Waals surface area contributed by atoms with Gasteiger partial charge in [0.15, 0.2) is 0 Å². The van der Waals surface area contributed by atoms with E-state index in [9.17, 15) is 0 Å². The third kappa shape index (κ3) is 2.00. The molecule has 0 saturated heterocycles. The molecule has 1 heterocycles. The number of fused-ring (bicyclic) bond motifs is 1. The fourth-order valence-electron chi connectivity index (χ4n) is 1.61. The van der Waals surface area contributed by atoms with E-state index in [-0.39, 0.29) is 0 Å². The van der Waals surface area contributed by atoms with Gasteiger partial charge in [-0.25, -0.2) is 5.84 Å². The zero-order valence-corrected chi connectivity index (χ0v) is 8.56. The van der Waals surface area contributed by atoms with Crippen LogP contribution in [-0.2, 0) is 0 Å². The van der Waals surface area contributed by atoms with E-state index in [1.54, 1.807) is 5.01 Å². The summed E-state index contributed by atoms with van der Waals surface area (Å²) < 4.78 is 0. The summed E-state index contributed by atoms with van der Waals surface area (Å²) in [7, 11) is 0. The highest BCUT2D eigenvalue weighted by Crippen LogP contribution is 2.26. The second-order valence-electron chi connectivity index (χ2n) is 3.48. The average Bonchev–Trinajstić information content (AvgIpc) is 2.33. The van der Waals surface area contributed by atoms with E-state index in [1.165, 1.54) is 0 Å². The van der Waals surface area contributed by atoms with Gasteiger partial charge in [-0.15, -0.1) is 0 Å². The van der Waals surface area contributed by atoms with Crippen molar-refractivity contribution in [2.24, 2.45) is 5.84 Å². The topological polar surface area (TPSA) is 29.3 Å². The van der Waals surface area contributed by atoms with Crippen molar-refractivity contribution in [2.45, 2.75) is 0 Å². The van der Waals surface area contributed by atoms with E-state index in [0.29, 0.717) is 6.54 Å². The lowest BCUT2D eigenvalue weighted by Gasteiger charge is -2.20. The molecule has 1 aromatic carbocycles. The molecule has 0 bridgehead atoms. The molecular weight excluding hydrogens is 184 g/mol. The lowest BCUT2D eigenvalue weighted by Crippen LogP contribution is -2.31. The Labute approximate surface area is 90.0 Å². The summed E-state index contributed by atoms with van der Waals surface area (Å²) in [6.45, 7) is 4.73. The molecule has 0 spiro atoms. The Morgan fingerprint density at radius 1 is 1.20 bits per heavy atom. The van der Waals surface area contributed by atoms with Crippen molar-refractivity contribution in [1.82, 2.24) is 0 Å². The van der Waals surface area contributed by atoms with E-state index in [0.717, 1.165) is 16.8 Å². The first-order valence-corrected chi connectivity index (χ1v) is 4.93. The molecule has 0 unspecified atom stereocenters. The molecule has 2 N–H and O–H groups in total. The lowest BCUT2D eigenvalue weighted by atomic mass is 10.0. The number of allylic oxidation sites excluding steroid dienone is 4. The summed E-state index contributed by atoms with van der Waals surface area (Å²) in [5.74, 6) is 5.96. The summed E-state index contributed by atoms with van der Waals surface area (Å²) in [5, 5.41) is 1.73. The molecule has 1 aliphatic rings. The standard InChI is InChI=1S/C13H14N2/c1-11-7-3-2-6-10-15(14)13-9-5-4-8-12(11)13/h2-9H,1,10,14H2/b6-2-,7-3-. The van der Waals surface area contributed by atoms with Gasteiger partial charge in [0, 0.05) is 5.56 Å². The minimum Gasteiger partial charge on any atom is -0.307 e. The zero-order chi connectivity index (χ0) is 10.7. The fourth-order valence-corrected chi connectivity index (χ4v) is 1.61. The third-order valence-corrected chi connectivity index (χ3v) is 2.41. The van der Waals surface area contributed by atoms with Gasteiger partial charge in [0.25, 0.3) is 0 Å². The first kappa shape index (κ1) is 9.74. The SMILES string of the molecule is C=C1/C=C\C=C/CN(N)c2ccccc21. The number of hydrazine groups is 1. The molecular formula is C13H14N2. The normalized spacial score (nSPS) is 19.8. The predicted molar refractivity (Wildman–Crippen MR) is 65.3 cm³/mol. The maximum absolute atomic E-state index is 5.96. The van der Waals surface area contributed by atoms with Crippen LogP contribution in [-0.4, -0.2) is 6.54 Å². The summed E-state index contributed by atoms with van der Waals surface area (Å²) in [5.41, 5.74) is 3.08. The van der Waals surface area contributed by atoms with Gasteiger partial charge >= 0.3 is 0 Å². The number of hydrogen-bond acceptors (Lipinski definition) is 2. The molecule has 1 aliphatic heterocycles. The van der Waals surface area contributed by atoms with Gasteiger partial charge in [-0.3, -0.25) is 0 Å². The number of para-hydroxylation sites is 1. The van der Waals surface area contributed by atoms with Gasteiger partial charge in [-0.05, 0) is 11.6 Å². The van der Waals surface area contributed by atoms with Gasteiger partial charge in [-0.2, -0.15) is 0 Å². The molecule has 2 rings (SSSR count). The van der Waals surface area contributed by atoms with Gasteiger partial charge in [0.1, 0.15) is 0 Å². The highest BCUT2D eigenvalue weighted by molar-refractivity contribution is 5.81. The molecule has 76 valence electrons. The monoisotopic (exact) mass is 198 g/mol. The Bertz CT molecular complexity index is 430. The summed E-state index contributed by atoms with van der Waals surface area (Å²) >= 11 is 0. The van der Waals surface area contributed by atoms with E-state index < -0.39 is 0 Å². The maximum Gasteiger partial charge on any atom is 0.0599 e. The Morgan fingerprint density at radius 2 is 2.00 bits per heavy atom. The number of benzene rings is 1. The second kappa shape index (κ2) is 4.15. The first-order valence-electron chi connectivity index (χ1n) is 4.93. The largest absolute Gasteiger partial charge is 0.307 e. The molecule has 0 fully saturated rings. The fraction of sp³-hybridized carbons (Fsp3) is 0.0769. The van der Waals surface area contributed by atoms with Crippen LogP contribution in [0.4, 0.5) is 5.69 Å². The Hall–Kier alpha value is -1.80. The Morgan fingerprint density at radius 3 is 2.87 bits per heavy atom. The Kier molecular flexibility index (Phi) is 2.70. The van der Waals surface area contributed by atoms with Crippen molar-refractivity contribution < 1.29 is 0 Å². The maximum atomic E-state index is 5.96. The molecule has 0 saturated carbocycles. The van der Waals surface area contributed by atoms with Crippen LogP contribution >= 0.6 is 0 Å². The van der Waals surface area contributed by atoms with Crippen LogP contribution in [0.5, 0.6) is 0 Å². The summed E-state index contributed by atoms with van der Waals surface area (Å²) in [6, 6.07) is 8.02. The number of nitrogens with zero attached hydrogens (tertiary/aromatic N) is 1. The van der Waals surface area contributed by atoms with Crippen molar-refractivity contribution in [3.05, 3.63) is 60.7 Å². The molecule has 2 nitrogen and oxygen atoms in total. The van der Waals surface area contributed by atoms with Gasteiger partial charge in [0.2, 0.25) is 0 Å². The predicted octanol–water partition coefficient (Wildman–Crippen LogP) is 2.51.